The van der Waals surface area contributed by atoms with Crippen molar-refractivity contribution in [2.24, 2.45) is 5.92 Å². The van der Waals surface area contributed by atoms with Crippen molar-refractivity contribution in [2.75, 3.05) is 0 Å². The lowest BCUT2D eigenvalue weighted by atomic mass is 9.89. The molecule has 0 unspecified atom stereocenters. The van der Waals surface area contributed by atoms with Crippen LogP contribution >= 0.6 is 11.3 Å². The summed E-state index contributed by atoms with van der Waals surface area (Å²) in [5.74, 6) is 1.24. The molecule has 0 fully saturated rings. The zero-order valence-electron chi connectivity index (χ0n) is 12.9. The molecule has 7 nitrogen and oxygen atoms in total. The van der Waals surface area contributed by atoms with E-state index in [1.807, 2.05) is 0 Å². The molecule has 8 heteroatoms. The van der Waals surface area contributed by atoms with Crippen LogP contribution in [0, 0.1) is 16.0 Å². The van der Waals surface area contributed by atoms with E-state index in [1.54, 1.807) is 15.9 Å². The van der Waals surface area contributed by atoms with Crippen molar-refractivity contribution < 1.29 is 4.92 Å². The van der Waals surface area contributed by atoms with E-state index in [0.29, 0.717) is 11.7 Å². The molecule has 3 heterocycles. The van der Waals surface area contributed by atoms with E-state index in [9.17, 15) is 14.9 Å². The highest BCUT2D eigenvalue weighted by atomic mass is 32.1. The number of nitro groups is 1. The summed E-state index contributed by atoms with van der Waals surface area (Å²) in [7, 11) is 0. The summed E-state index contributed by atoms with van der Waals surface area (Å²) in [6.45, 7) is 2.24. The zero-order valence-corrected chi connectivity index (χ0v) is 13.7. The van der Waals surface area contributed by atoms with Gasteiger partial charge < -0.3 is 4.57 Å². The summed E-state index contributed by atoms with van der Waals surface area (Å²) in [6.07, 6.45) is 7.32. The monoisotopic (exact) mass is 342 g/mol. The maximum atomic E-state index is 11.6. The molecule has 0 bridgehead atoms. The molecule has 0 aliphatic heterocycles. The standard InChI is InChI=1S/C16H14N4O3S/c1-9-2-3-10-13(6-9)24-16-14(10)15(17-8-18-16)19-5-4-12(21)11(7-19)20(22)23/h4-5,7-9H,2-3,6H2,1H3/t9-/m1/s1. The number of aryl methyl sites for hydroxylation is 1. The number of rotatable bonds is 2. The minimum atomic E-state index is -0.665. The Labute approximate surface area is 140 Å². The lowest BCUT2D eigenvalue weighted by Gasteiger charge is -2.18. The van der Waals surface area contributed by atoms with Crippen LogP contribution in [0.2, 0.25) is 0 Å². The van der Waals surface area contributed by atoms with Crippen molar-refractivity contribution in [1.82, 2.24) is 14.5 Å². The molecular weight excluding hydrogens is 328 g/mol. The molecule has 0 saturated carbocycles. The Hall–Kier alpha value is -2.61. The third-order valence-electron chi connectivity index (χ3n) is 4.41. The van der Waals surface area contributed by atoms with Gasteiger partial charge in [-0.2, -0.15) is 0 Å². The number of aromatic nitrogens is 3. The topological polar surface area (TPSA) is 90.9 Å². The van der Waals surface area contributed by atoms with Gasteiger partial charge >= 0.3 is 5.69 Å². The second kappa shape index (κ2) is 5.48. The molecule has 122 valence electrons. The van der Waals surface area contributed by atoms with Gasteiger partial charge in [-0.05, 0) is 30.7 Å². The van der Waals surface area contributed by atoms with Gasteiger partial charge in [0.1, 0.15) is 17.0 Å². The molecule has 0 saturated heterocycles. The number of nitrogens with zero attached hydrogens (tertiary/aromatic N) is 4. The van der Waals surface area contributed by atoms with Crippen LogP contribution in [-0.2, 0) is 12.8 Å². The van der Waals surface area contributed by atoms with Crippen LogP contribution in [-0.4, -0.2) is 19.5 Å². The van der Waals surface area contributed by atoms with Crippen molar-refractivity contribution in [1.29, 1.82) is 0 Å². The van der Waals surface area contributed by atoms with Gasteiger partial charge in [0.05, 0.1) is 16.5 Å². The quantitative estimate of drug-likeness (QED) is 0.527. The van der Waals surface area contributed by atoms with Gasteiger partial charge in [0.2, 0.25) is 0 Å². The van der Waals surface area contributed by atoms with Crippen molar-refractivity contribution in [2.45, 2.75) is 26.2 Å². The molecule has 0 spiro atoms. The molecule has 0 radical (unpaired) electrons. The highest BCUT2D eigenvalue weighted by Crippen LogP contribution is 2.39. The summed E-state index contributed by atoms with van der Waals surface area (Å²) < 4.78 is 1.55. The minimum absolute atomic E-state index is 0.456. The van der Waals surface area contributed by atoms with Crippen LogP contribution in [0.5, 0.6) is 0 Å². The summed E-state index contributed by atoms with van der Waals surface area (Å²) in [5, 5.41) is 12.0. The molecular formula is C16H14N4O3S. The number of fused-ring (bicyclic) bond motifs is 3. The number of hydrogen-bond acceptors (Lipinski definition) is 6. The molecule has 1 aliphatic carbocycles. The third-order valence-corrected chi connectivity index (χ3v) is 5.58. The van der Waals surface area contributed by atoms with Gasteiger partial charge in [0, 0.05) is 17.1 Å². The Morgan fingerprint density at radius 3 is 3.04 bits per heavy atom. The Balaban J connectivity index is 1.96. The molecule has 0 N–H and O–H groups in total. The largest absolute Gasteiger partial charge is 0.332 e. The van der Waals surface area contributed by atoms with E-state index in [0.717, 1.165) is 29.5 Å². The summed E-state index contributed by atoms with van der Waals surface area (Å²) in [4.78, 5) is 32.9. The van der Waals surface area contributed by atoms with Crippen LogP contribution in [0.4, 0.5) is 5.69 Å². The first kappa shape index (κ1) is 14.9. The van der Waals surface area contributed by atoms with Crippen molar-refractivity contribution >= 4 is 27.2 Å². The van der Waals surface area contributed by atoms with Gasteiger partial charge in [0.15, 0.2) is 0 Å². The minimum Gasteiger partial charge on any atom is -0.301 e. The van der Waals surface area contributed by atoms with E-state index in [2.05, 4.69) is 16.9 Å². The van der Waals surface area contributed by atoms with Gasteiger partial charge in [0.25, 0.3) is 5.43 Å². The molecule has 0 aromatic carbocycles. The van der Waals surface area contributed by atoms with Gasteiger partial charge in [-0.25, -0.2) is 9.97 Å². The fraction of sp³-hybridized carbons (Fsp3) is 0.312. The molecule has 3 aromatic heterocycles. The first-order chi connectivity index (χ1) is 11.5. The Kier molecular flexibility index (Phi) is 3.42. The molecule has 1 atom stereocenters. The average Bonchev–Trinajstić information content (AvgIpc) is 2.92. The van der Waals surface area contributed by atoms with Crippen molar-refractivity contribution in [3.8, 4) is 5.82 Å². The normalized spacial score (nSPS) is 17.0. The maximum absolute atomic E-state index is 11.6. The molecule has 3 aromatic rings. The number of thiophene rings is 1. The summed E-state index contributed by atoms with van der Waals surface area (Å²) >= 11 is 1.67. The molecule has 0 amide bonds. The first-order valence-electron chi connectivity index (χ1n) is 7.67. The van der Waals surface area contributed by atoms with E-state index in [-0.39, 0.29) is 0 Å². The Morgan fingerprint density at radius 2 is 2.25 bits per heavy atom. The highest BCUT2D eigenvalue weighted by Gasteiger charge is 2.24. The molecule has 24 heavy (non-hydrogen) atoms. The maximum Gasteiger partial charge on any atom is 0.332 e. The number of hydrogen-bond donors (Lipinski definition) is 0. The van der Waals surface area contributed by atoms with Gasteiger partial charge in [-0.15, -0.1) is 11.3 Å². The van der Waals surface area contributed by atoms with E-state index in [1.165, 1.54) is 35.2 Å². The lowest BCUT2D eigenvalue weighted by Crippen LogP contribution is -2.12. The predicted octanol–water partition coefficient (Wildman–Crippen LogP) is 2.88. The average molecular weight is 342 g/mol. The van der Waals surface area contributed by atoms with Crippen LogP contribution < -0.4 is 5.43 Å². The van der Waals surface area contributed by atoms with Crippen molar-refractivity contribution in [3.05, 3.63) is 55.6 Å². The van der Waals surface area contributed by atoms with Gasteiger partial charge in [-0.1, -0.05) is 6.92 Å². The predicted molar refractivity (Wildman–Crippen MR) is 90.9 cm³/mol. The number of pyridine rings is 1. The fourth-order valence-corrected chi connectivity index (χ4v) is 4.54. The summed E-state index contributed by atoms with van der Waals surface area (Å²) in [5.41, 5.74) is 0.176. The van der Waals surface area contributed by atoms with E-state index in [4.69, 9.17) is 0 Å². The van der Waals surface area contributed by atoms with Crippen LogP contribution in [0.1, 0.15) is 23.8 Å². The van der Waals surface area contributed by atoms with Crippen LogP contribution in [0.15, 0.2) is 29.6 Å². The first-order valence-corrected chi connectivity index (χ1v) is 8.48. The second-order valence-electron chi connectivity index (χ2n) is 6.09. The third kappa shape index (κ3) is 2.30. The lowest BCUT2D eigenvalue weighted by molar-refractivity contribution is -0.386. The van der Waals surface area contributed by atoms with E-state index < -0.39 is 16.0 Å². The molecule has 1 aliphatic rings. The highest BCUT2D eigenvalue weighted by molar-refractivity contribution is 7.18. The van der Waals surface area contributed by atoms with Crippen molar-refractivity contribution in [3.63, 3.8) is 0 Å². The van der Waals surface area contributed by atoms with Crippen LogP contribution in [0.3, 0.4) is 0 Å². The van der Waals surface area contributed by atoms with E-state index >= 15 is 0 Å². The molecule has 4 rings (SSSR count). The Bertz CT molecular complexity index is 1020. The Morgan fingerprint density at radius 1 is 1.42 bits per heavy atom. The fourth-order valence-electron chi connectivity index (χ4n) is 3.19. The SMILES string of the molecule is C[C@@H]1CCc2c(sc3ncnc(-n4ccc(=O)c([N+](=O)[O-])c4)c23)C1. The summed E-state index contributed by atoms with van der Waals surface area (Å²) in [6, 6.07) is 1.20. The second-order valence-corrected chi connectivity index (χ2v) is 7.17. The van der Waals surface area contributed by atoms with Crippen LogP contribution in [0.25, 0.3) is 16.0 Å². The smallest absolute Gasteiger partial charge is 0.301 e. The zero-order chi connectivity index (χ0) is 16.8. The van der Waals surface area contributed by atoms with Gasteiger partial charge in [-0.3, -0.25) is 14.9 Å².